The number of hydrogen-bond acceptors (Lipinski definition) is 5. The van der Waals surface area contributed by atoms with E-state index in [1.807, 2.05) is 18.3 Å². The molecule has 19 heavy (non-hydrogen) atoms. The molecular formula is C14H19N3OS. The Labute approximate surface area is 118 Å². The highest BCUT2D eigenvalue weighted by Gasteiger charge is 2.15. The molecule has 1 atom stereocenters. The zero-order valence-electron chi connectivity index (χ0n) is 11.5. The van der Waals surface area contributed by atoms with Crippen LogP contribution in [0.3, 0.4) is 0 Å². The molecule has 0 radical (unpaired) electrons. The van der Waals surface area contributed by atoms with E-state index in [0.29, 0.717) is 12.0 Å². The summed E-state index contributed by atoms with van der Waals surface area (Å²) in [6.45, 7) is 5.16. The van der Waals surface area contributed by atoms with Gasteiger partial charge in [-0.1, -0.05) is 26.0 Å². The van der Waals surface area contributed by atoms with E-state index in [4.69, 9.17) is 4.74 Å². The zero-order valence-corrected chi connectivity index (χ0v) is 12.3. The minimum absolute atomic E-state index is 0.299. The van der Waals surface area contributed by atoms with Gasteiger partial charge in [0.15, 0.2) is 0 Å². The molecule has 0 bridgehead atoms. The number of benzene rings is 1. The van der Waals surface area contributed by atoms with Gasteiger partial charge in [-0.3, -0.25) is 0 Å². The molecule has 0 saturated carbocycles. The second-order valence-corrected chi connectivity index (χ2v) is 5.33. The summed E-state index contributed by atoms with van der Waals surface area (Å²) >= 11 is 1.24. The van der Waals surface area contributed by atoms with Crippen molar-refractivity contribution in [2.45, 2.75) is 26.4 Å². The quantitative estimate of drug-likeness (QED) is 0.881. The molecule has 1 unspecified atom stereocenters. The van der Waals surface area contributed by atoms with Gasteiger partial charge in [-0.15, -0.1) is 0 Å². The minimum Gasteiger partial charge on any atom is -0.497 e. The van der Waals surface area contributed by atoms with Gasteiger partial charge in [-0.2, -0.15) is 8.75 Å². The molecule has 0 fully saturated rings. The highest BCUT2D eigenvalue weighted by molar-refractivity contribution is 6.99. The van der Waals surface area contributed by atoms with Crippen molar-refractivity contribution in [3.05, 3.63) is 41.7 Å². The summed E-state index contributed by atoms with van der Waals surface area (Å²) < 4.78 is 13.4. The minimum atomic E-state index is 0.299. The maximum absolute atomic E-state index is 5.19. The molecule has 0 aliphatic heterocycles. The zero-order chi connectivity index (χ0) is 13.7. The molecule has 0 aliphatic carbocycles. The predicted octanol–water partition coefficient (Wildman–Crippen LogP) is 3.03. The van der Waals surface area contributed by atoms with Crippen molar-refractivity contribution in [1.82, 2.24) is 14.1 Å². The maximum atomic E-state index is 5.19. The van der Waals surface area contributed by atoms with E-state index in [2.05, 4.69) is 40.0 Å². The van der Waals surface area contributed by atoms with Crippen LogP contribution in [0.25, 0.3) is 0 Å². The number of aromatic nitrogens is 2. The van der Waals surface area contributed by atoms with Crippen molar-refractivity contribution >= 4 is 11.7 Å². The van der Waals surface area contributed by atoms with Gasteiger partial charge in [0.25, 0.3) is 0 Å². The van der Waals surface area contributed by atoms with Gasteiger partial charge in [0, 0.05) is 12.6 Å². The first-order valence-corrected chi connectivity index (χ1v) is 7.07. The van der Waals surface area contributed by atoms with Crippen LogP contribution in [0.5, 0.6) is 5.75 Å². The highest BCUT2D eigenvalue weighted by Crippen LogP contribution is 2.24. The number of rotatable bonds is 6. The van der Waals surface area contributed by atoms with Gasteiger partial charge in [-0.05, 0) is 23.6 Å². The Morgan fingerprint density at radius 3 is 2.53 bits per heavy atom. The molecular weight excluding hydrogens is 258 g/mol. The SMILES string of the molecule is COc1ccc(C(NCc2cnsn2)C(C)C)cc1. The van der Waals surface area contributed by atoms with Crippen LogP contribution in [0.1, 0.15) is 31.1 Å². The van der Waals surface area contributed by atoms with E-state index in [1.54, 1.807) is 7.11 Å². The van der Waals surface area contributed by atoms with E-state index in [1.165, 1.54) is 17.3 Å². The lowest BCUT2D eigenvalue weighted by molar-refractivity contribution is 0.403. The smallest absolute Gasteiger partial charge is 0.118 e. The topological polar surface area (TPSA) is 47.0 Å². The van der Waals surface area contributed by atoms with Crippen LogP contribution in [0.2, 0.25) is 0 Å². The van der Waals surface area contributed by atoms with Gasteiger partial charge in [-0.25, -0.2) is 0 Å². The van der Waals surface area contributed by atoms with Crippen LogP contribution < -0.4 is 10.1 Å². The van der Waals surface area contributed by atoms with E-state index in [-0.39, 0.29) is 0 Å². The first kappa shape index (κ1) is 14.0. The highest BCUT2D eigenvalue weighted by atomic mass is 32.1. The Bertz CT molecular complexity index is 482. The van der Waals surface area contributed by atoms with Crippen molar-refractivity contribution in [3.8, 4) is 5.75 Å². The molecule has 1 aromatic carbocycles. The summed E-state index contributed by atoms with van der Waals surface area (Å²) in [7, 11) is 1.68. The Balaban J connectivity index is 2.06. The lowest BCUT2D eigenvalue weighted by Crippen LogP contribution is -2.25. The fourth-order valence-corrected chi connectivity index (χ4v) is 2.46. The van der Waals surface area contributed by atoms with Crippen LogP contribution in [0.15, 0.2) is 30.5 Å². The molecule has 1 aromatic heterocycles. The first-order valence-electron chi connectivity index (χ1n) is 6.34. The van der Waals surface area contributed by atoms with Crippen LogP contribution in [0.4, 0.5) is 0 Å². The Kier molecular flexibility index (Phi) is 4.87. The van der Waals surface area contributed by atoms with E-state index in [9.17, 15) is 0 Å². The van der Waals surface area contributed by atoms with Gasteiger partial charge >= 0.3 is 0 Å². The molecule has 5 heteroatoms. The maximum Gasteiger partial charge on any atom is 0.118 e. The van der Waals surface area contributed by atoms with E-state index < -0.39 is 0 Å². The largest absolute Gasteiger partial charge is 0.497 e. The van der Waals surface area contributed by atoms with Crippen LogP contribution in [0, 0.1) is 5.92 Å². The van der Waals surface area contributed by atoms with Crippen molar-refractivity contribution < 1.29 is 4.74 Å². The summed E-state index contributed by atoms with van der Waals surface area (Å²) in [5.41, 5.74) is 2.25. The molecule has 2 rings (SSSR count). The van der Waals surface area contributed by atoms with Crippen LogP contribution in [-0.2, 0) is 6.54 Å². The normalized spacial score (nSPS) is 12.6. The monoisotopic (exact) mass is 277 g/mol. The predicted molar refractivity (Wildman–Crippen MR) is 77.3 cm³/mol. The molecule has 0 spiro atoms. The Morgan fingerprint density at radius 2 is 2.00 bits per heavy atom. The molecule has 0 amide bonds. The summed E-state index contributed by atoms with van der Waals surface area (Å²) in [6.07, 6.45) is 1.81. The fourth-order valence-electron chi connectivity index (χ4n) is 2.03. The van der Waals surface area contributed by atoms with Crippen molar-refractivity contribution in [1.29, 1.82) is 0 Å². The van der Waals surface area contributed by atoms with E-state index >= 15 is 0 Å². The van der Waals surface area contributed by atoms with Crippen molar-refractivity contribution in [3.63, 3.8) is 0 Å². The summed E-state index contributed by atoms with van der Waals surface area (Å²) in [6, 6.07) is 8.51. The fraction of sp³-hybridized carbons (Fsp3) is 0.429. The third kappa shape index (κ3) is 3.75. The number of ether oxygens (including phenoxy) is 1. The third-order valence-corrected chi connectivity index (χ3v) is 3.57. The number of hydrogen-bond donors (Lipinski definition) is 1. The molecule has 102 valence electrons. The van der Waals surface area contributed by atoms with Crippen LogP contribution >= 0.6 is 11.7 Å². The number of methoxy groups -OCH3 is 1. The molecule has 4 nitrogen and oxygen atoms in total. The lowest BCUT2D eigenvalue weighted by Gasteiger charge is -2.22. The average molecular weight is 277 g/mol. The van der Waals surface area contributed by atoms with Gasteiger partial charge in [0.2, 0.25) is 0 Å². The summed E-state index contributed by atoms with van der Waals surface area (Å²) in [5.74, 6) is 1.38. The lowest BCUT2D eigenvalue weighted by atomic mass is 9.96. The van der Waals surface area contributed by atoms with Crippen molar-refractivity contribution in [2.24, 2.45) is 5.92 Å². The standard InChI is InChI=1S/C14H19N3OS/c1-10(2)14(15-8-12-9-16-19-17-12)11-4-6-13(18-3)7-5-11/h4-7,9-10,14-15H,8H2,1-3H3. The van der Waals surface area contributed by atoms with Crippen molar-refractivity contribution in [2.75, 3.05) is 7.11 Å². The Hall–Kier alpha value is -1.46. The Morgan fingerprint density at radius 1 is 1.26 bits per heavy atom. The molecule has 0 saturated heterocycles. The average Bonchev–Trinajstić information content (AvgIpc) is 2.92. The molecule has 2 aromatic rings. The molecule has 1 N–H and O–H groups in total. The van der Waals surface area contributed by atoms with E-state index in [0.717, 1.165) is 18.0 Å². The summed E-state index contributed by atoms with van der Waals surface area (Å²) in [4.78, 5) is 0. The number of nitrogens with one attached hydrogen (secondary N) is 1. The van der Waals surface area contributed by atoms with Crippen LogP contribution in [-0.4, -0.2) is 15.9 Å². The summed E-state index contributed by atoms with van der Waals surface area (Å²) in [5, 5.41) is 3.54. The van der Waals surface area contributed by atoms with Gasteiger partial charge in [0.1, 0.15) is 5.75 Å². The second kappa shape index (κ2) is 6.63. The number of nitrogens with zero attached hydrogens (tertiary/aromatic N) is 2. The second-order valence-electron chi connectivity index (χ2n) is 4.77. The first-order chi connectivity index (χ1) is 9.20. The van der Waals surface area contributed by atoms with Gasteiger partial charge in [0.05, 0.1) is 30.7 Å². The third-order valence-electron chi connectivity index (χ3n) is 3.05. The molecule has 1 heterocycles. The molecule has 0 aliphatic rings. The van der Waals surface area contributed by atoms with Gasteiger partial charge < -0.3 is 10.1 Å².